The molecule has 0 amide bonds. The topological polar surface area (TPSA) is 94.2 Å². The largest absolute Gasteiger partial charge is 0.457 e. The Morgan fingerprint density at radius 3 is 2.58 bits per heavy atom. The van der Waals surface area contributed by atoms with E-state index in [9.17, 15) is 20.1 Å². The summed E-state index contributed by atoms with van der Waals surface area (Å²) in [5.41, 5.74) is 1.64. The number of Topliss-reactive ketones (excluding diaryl/α,β-unsaturated/α-hetero) is 1. The first-order chi connectivity index (χ1) is 12.2. The van der Waals surface area contributed by atoms with Crippen LogP contribution in [0.2, 0.25) is 0 Å². The summed E-state index contributed by atoms with van der Waals surface area (Å²) in [6, 6.07) is 4.18. The quantitative estimate of drug-likeness (QED) is 0.438. The second kappa shape index (κ2) is 7.58. The molecule has 136 valence electrons. The second-order valence-corrected chi connectivity index (χ2v) is 7.47. The van der Waals surface area contributed by atoms with Crippen molar-refractivity contribution in [2.45, 2.75) is 46.1 Å². The Kier molecular flexibility index (Phi) is 5.67. The second-order valence-electron chi connectivity index (χ2n) is 7.47. The van der Waals surface area contributed by atoms with Gasteiger partial charge in [-0.3, -0.25) is 4.79 Å². The molecule has 0 saturated carbocycles. The average molecular weight is 353 g/mol. The van der Waals surface area contributed by atoms with E-state index >= 15 is 0 Å². The molecule has 0 aromatic carbocycles. The van der Waals surface area contributed by atoms with Crippen LogP contribution in [-0.4, -0.2) is 35.8 Å². The zero-order valence-corrected chi connectivity index (χ0v) is 15.5. The predicted molar refractivity (Wildman–Crippen MR) is 95.2 cm³/mol. The maximum atomic E-state index is 11.9. The van der Waals surface area contributed by atoms with E-state index in [4.69, 9.17) is 4.74 Å². The minimum Gasteiger partial charge on any atom is -0.457 e. The molecular weight excluding hydrogens is 330 g/mol. The van der Waals surface area contributed by atoms with Gasteiger partial charge in [0.25, 0.3) is 0 Å². The van der Waals surface area contributed by atoms with Crippen LogP contribution in [0.3, 0.4) is 0 Å². The third-order valence-corrected chi connectivity index (χ3v) is 4.75. The van der Waals surface area contributed by atoms with Crippen molar-refractivity contribution in [3.63, 3.8) is 0 Å². The molecule has 0 radical (unpaired) electrons. The fourth-order valence-electron chi connectivity index (χ4n) is 3.60. The van der Waals surface area contributed by atoms with Crippen LogP contribution < -0.4 is 0 Å². The van der Waals surface area contributed by atoms with Crippen LogP contribution in [0.4, 0.5) is 0 Å². The number of rotatable bonds is 4. The van der Waals surface area contributed by atoms with Crippen molar-refractivity contribution >= 4 is 11.8 Å². The van der Waals surface area contributed by atoms with Gasteiger partial charge in [0.2, 0.25) is 0 Å². The van der Waals surface area contributed by atoms with E-state index in [0.29, 0.717) is 43.5 Å². The molecule has 6 heteroatoms. The molecule has 1 unspecified atom stereocenters. The van der Waals surface area contributed by atoms with Gasteiger partial charge in [0.1, 0.15) is 18.2 Å². The van der Waals surface area contributed by atoms with E-state index in [0.717, 1.165) is 11.8 Å². The first kappa shape index (κ1) is 19.5. The van der Waals surface area contributed by atoms with Crippen LogP contribution >= 0.6 is 0 Å². The predicted octanol–water partition coefficient (Wildman–Crippen LogP) is 2.80. The van der Waals surface area contributed by atoms with Gasteiger partial charge in [0, 0.05) is 24.7 Å². The summed E-state index contributed by atoms with van der Waals surface area (Å²) in [5.74, 6) is -0.786. The van der Waals surface area contributed by atoms with Crippen LogP contribution in [-0.2, 0) is 14.3 Å². The lowest BCUT2D eigenvalue weighted by Crippen LogP contribution is -2.32. The van der Waals surface area contributed by atoms with E-state index in [-0.39, 0.29) is 22.9 Å². The normalized spacial score (nSPS) is 23.7. The molecule has 26 heavy (non-hydrogen) atoms. The van der Waals surface area contributed by atoms with Gasteiger partial charge in [-0.25, -0.2) is 4.79 Å². The van der Waals surface area contributed by atoms with Crippen LogP contribution in [0.5, 0.6) is 0 Å². The molecule has 2 rings (SSSR count). The molecule has 0 spiro atoms. The Bertz CT molecular complexity index is 790. The molecule has 1 heterocycles. The zero-order valence-electron chi connectivity index (χ0n) is 15.5. The van der Waals surface area contributed by atoms with Crippen molar-refractivity contribution in [2.75, 3.05) is 13.1 Å². The van der Waals surface area contributed by atoms with Gasteiger partial charge < -0.3 is 9.64 Å². The summed E-state index contributed by atoms with van der Waals surface area (Å²) in [4.78, 5) is 25.4. The van der Waals surface area contributed by atoms with E-state index in [1.165, 1.54) is 6.92 Å². The van der Waals surface area contributed by atoms with Crippen molar-refractivity contribution in [1.29, 1.82) is 10.5 Å². The first-order valence-corrected chi connectivity index (χ1v) is 8.58. The first-order valence-electron chi connectivity index (χ1n) is 8.58. The van der Waals surface area contributed by atoms with Gasteiger partial charge in [0.05, 0.1) is 17.7 Å². The van der Waals surface area contributed by atoms with Crippen LogP contribution in [0.15, 0.2) is 35.1 Å². The Morgan fingerprint density at radius 2 is 2.04 bits per heavy atom. The van der Waals surface area contributed by atoms with E-state index in [2.05, 4.69) is 26.5 Å². The number of nitriles is 2. The summed E-state index contributed by atoms with van der Waals surface area (Å²) in [5, 5.41) is 19.2. The van der Waals surface area contributed by atoms with Gasteiger partial charge in [-0.15, -0.1) is 0 Å². The summed E-state index contributed by atoms with van der Waals surface area (Å²) in [6.45, 7) is 10.0. The Balaban J connectivity index is 2.45. The number of carbonyl (C=O) groups excluding carboxylic acids is 2. The molecule has 0 aromatic rings. The zero-order chi connectivity index (χ0) is 19.5. The molecular formula is C20H23N3O3. The Labute approximate surface area is 154 Å². The van der Waals surface area contributed by atoms with Crippen molar-refractivity contribution in [3.05, 3.63) is 35.1 Å². The van der Waals surface area contributed by atoms with Crippen molar-refractivity contribution in [1.82, 2.24) is 4.90 Å². The van der Waals surface area contributed by atoms with Gasteiger partial charge in [0.15, 0.2) is 5.78 Å². The number of ether oxygens (including phenoxy) is 1. The Hall–Kier alpha value is -2.86. The van der Waals surface area contributed by atoms with Crippen LogP contribution in [0.1, 0.15) is 40.0 Å². The van der Waals surface area contributed by atoms with Gasteiger partial charge in [-0.2, -0.15) is 10.5 Å². The highest BCUT2D eigenvalue weighted by molar-refractivity contribution is 5.99. The van der Waals surface area contributed by atoms with Gasteiger partial charge >= 0.3 is 5.97 Å². The summed E-state index contributed by atoms with van der Waals surface area (Å²) >= 11 is 0. The molecule has 0 N–H and O–H groups in total. The smallest absolute Gasteiger partial charge is 0.330 e. The minimum atomic E-state index is -0.459. The lowest BCUT2D eigenvalue weighted by Gasteiger charge is -2.37. The molecule has 1 aliphatic heterocycles. The Morgan fingerprint density at radius 1 is 1.35 bits per heavy atom. The van der Waals surface area contributed by atoms with Gasteiger partial charge in [-0.1, -0.05) is 20.4 Å². The molecule has 0 aromatic heterocycles. The van der Waals surface area contributed by atoms with Crippen LogP contribution in [0.25, 0.3) is 0 Å². The van der Waals surface area contributed by atoms with Gasteiger partial charge in [-0.05, 0) is 30.8 Å². The monoisotopic (exact) mass is 353 g/mol. The molecule has 0 bridgehead atoms. The van der Waals surface area contributed by atoms with Crippen molar-refractivity contribution < 1.29 is 14.3 Å². The highest BCUT2D eigenvalue weighted by Crippen LogP contribution is 2.44. The number of likely N-dealkylation sites (tertiary alicyclic amines) is 1. The summed E-state index contributed by atoms with van der Waals surface area (Å²) < 4.78 is 5.31. The average Bonchev–Trinajstić information content (AvgIpc) is 3.02. The molecule has 6 nitrogen and oxygen atoms in total. The standard InChI is InChI=1S/C20H23N3O3/c1-5-19(25)26-14-6-7-23(12-14)18-9-20(3,4)8-15(17(18)11-22)16(10-21)13(2)24/h5,14H,1,6-9,12H2,2-4H3/b16-15+. The number of allylic oxidation sites excluding steroid dienone is 4. The van der Waals surface area contributed by atoms with Crippen molar-refractivity contribution in [3.8, 4) is 12.1 Å². The minimum absolute atomic E-state index is 0.0562. The van der Waals surface area contributed by atoms with E-state index in [1.54, 1.807) is 0 Å². The lowest BCUT2D eigenvalue weighted by atomic mass is 9.72. The third kappa shape index (κ3) is 4.03. The molecule has 1 saturated heterocycles. The van der Waals surface area contributed by atoms with Crippen LogP contribution in [0, 0.1) is 28.1 Å². The molecule has 2 aliphatic rings. The van der Waals surface area contributed by atoms with Crippen molar-refractivity contribution in [2.24, 2.45) is 5.41 Å². The number of ketones is 1. The highest BCUT2D eigenvalue weighted by atomic mass is 16.5. The fraction of sp³-hybridized carbons (Fsp3) is 0.500. The third-order valence-electron chi connectivity index (χ3n) is 4.75. The maximum absolute atomic E-state index is 11.9. The summed E-state index contributed by atoms with van der Waals surface area (Å²) in [6.07, 6.45) is 2.72. The SMILES string of the molecule is C=CC(=O)OC1CCN(C2=C(C#N)/C(=C(\C#N)C(C)=O)CC(C)(C)C2)C1. The molecule has 1 aliphatic carbocycles. The van der Waals surface area contributed by atoms with E-state index < -0.39 is 5.97 Å². The summed E-state index contributed by atoms with van der Waals surface area (Å²) in [7, 11) is 0. The number of hydrogen-bond acceptors (Lipinski definition) is 6. The number of carbonyl (C=O) groups is 2. The number of hydrogen-bond donors (Lipinski definition) is 0. The molecule has 1 fully saturated rings. The number of esters is 1. The number of nitrogens with zero attached hydrogens (tertiary/aromatic N) is 3. The fourth-order valence-corrected chi connectivity index (χ4v) is 3.60. The molecule has 1 atom stereocenters. The van der Waals surface area contributed by atoms with E-state index in [1.807, 2.05) is 11.0 Å². The maximum Gasteiger partial charge on any atom is 0.330 e. The highest BCUT2D eigenvalue weighted by Gasteiger charge is 2.37. The lowest BCUT2D eigenvalue weighted by molar-refractivity contribution is -0.142.